The molecule has 0 N–H and O–H groups in total. The number of hydrogen-bond acceptors (Lipinski definition) is 3. The summed E-state index contributed by atoms with van der Waals surface area (Å²) in [6.45, 7) is 0. The Balaban J connectivity index is 2.03. The monoisotopic (exact) mass is 320 g/mol. The Hall–Kier alpha value is -1.36. The molecule has 0 unspecified atom stereocenters. The molecule has 0 aromatic heterocycles. The van der Waals surface area contributed by atoms with Crippen LogP contribution in [-0.4, -0.2) is 23.1 Å². The Morgan fingerprint density at radius 2 is 1.85 bits per heavy atom. The minimum Gasteiger partial charge on any atom is -0.306 e. The second-order valence-electron chi connectivity index (χ2n) is 4.01. The molecule has 0 saturated heterocycles. The molecular weight excluding hydrogens is 308 g/mol. The SMILES string of the molecule is CN(C=Nc1ccccc1C=S)Sc1ccc(Cl)cc1. The predicted octanol–water partition coefficient (Wildman–Crippen LogP) is 4.99. The summed E-state index contributed by atoms with van der Waals surface area (Å²) in [5, 5.41) is 2.37. The van der Waals surface area contributed by atoms with Crippen molar-refractivity contribution in [3.05, 3.63) is 59.1 Å². The summed E-state index contributed by atoms with van der Waals surface area (Å²) in [4.78, 5) is 5.55. The molecule has 20 heavy (non-hydrogen) atoms. The van der Waals surface area contributed by atoms with E-state index in [0.717, 1.165) is 21.2 Å². The van der Waals surface area contributed by atoms with Gasteiger partial charge in [0.15, 0.2) is 0 Å². The van der Waals surface area contributed by atoms with Crippen LogP contribution in [-0.2, 0) is 0 Å². The zero-order chi connectivity index (χ0) is 14.4. The molecule has 2 nitrogen and oxygen atoms in total. The highest BCUT2D eigenvalue weighted by atomic mass is 35.5. The minimum atomic E-state index is 0.737. The van der Waals surface area contributed by atoms with Gasteiger partial charge in [-0.15, -0.1) is 0 Å². The van der Waals surface area contributed by atoms with Gasteiger partial charge in [0, 0.05) is 27.9 Å². The van der Waals surface area contributed by atoms with Gasteiger partial charge in [-0.3, -0.25) is 0 Å². The van der Waals surface area contributed by atoms with Crippen molar-refractivity contribution in [2.75, 3.05) is 7.05 Å². The normalized spacial score (nSPS) is 10.7. The lowest BCUT2D eigenvalue weighted by Crippen LogP contribution is -2.04. The smallest absolute Gasteiger partial charge is 0.101 e. The Labute approximate surface area is 133 Å². The third kappa shape index (κ3) is 4.34. The van der Waals surface area contributed by atoms with Crippen LogP contribution >= 0.6 is 35.8 Å². The predicted molar refractivity (Wildman–Crippen MR) is 92.4 cm³/mol. The van der Waals surface area contributed by atoms with Gasteiger partial charge in [0.05, 0.1) is 5.69 Å². The number of aliphatic imine (C=N–C) groups is 1. The topological polar surface area (TPSA) is 15.6 Å². The van der Waals surface area contributed by atoms with Crippen molar-refractivity contribution in [1.29, 1.82) is 0 Å². The maximum atomic E-state index is 5.86. The van der Waals surface area contributed by atoms with Gasteiger partial charge in [-0.25, -0.2) is 4.99 Å². The lowest BCUT2D eigenvalue weighted by atomic mass is 10.2. The Morgan fingerprint density at radius 1 is 1.15 bits per heavy atom. The third-order valence-electron chi connectivity index (χ3n) is 2.49. The number of thiocarbonyl (C=S) groups is 1. The van der Waals surface area contributed by atoms with Crippen molar-refractivity contribution in [3.63, 3.8) is 0 Å². The number of nitrogens with zero attached hydrogens (tertiary/aromatic N) is 2. The molecule has 0 amide bonds. The molecule has 102 valence electrons. The summed E-state index contributed by atoms with van der Waals surface area (Å²) in [5.74, 6) is 0. The molecular formula is C15H13ClN2S2. The standard InChI is InChI=1S/C15H13ClN2S2/c1-18(20-14-8-6-13(16)7-9-14)11-17-15-5-3-2-4-12(15)10-19/h2-11H,1H3. The highest BCUT2D eigenvalue weighted by Gasteiger charge is 1.99. The number of benzene rings is 2. The van der Waals surface area contributed by atoms with E-state index in [-0.39, 0.29) is 0 Å². The first-order chi connectivity index (χ1) is 9.69. The van der Waals surface area contributed by atoms with Crippen LogP contribution in [0.25, 0.3) is 0 Å². The van der Waals surface area contributed by atoms with Crippen molar-refractivity contribution in [2.24, 2.45) is 4.99 Å². The van der Waals surface area contributed by atoms with Crippen LogP contribution in [0, 0.1) is 0 Å². The van der Waals surface area contributed by atoms with Gasteiger partial charge in [0.1, 0.15) is 6.34 Å². The molecule has 0 radical (unpaired) electrons. The Bertz CT molecular complexity index is 612. The van der Waals surface area contributed by atoms with Gasteiger partial charge < -0.3 is 4.31 Å². The van der Waals surface area contributed by atoms with E-state index in [1.165, 1.54) is 0 Å². The molecule has 0 heterocycles. The fourth-order valence-electron chi connectivity index (χ4n) is 1.53. The van der Waals surface area contributed by atoms with E-state index in [2.05, 4.69) is 4.99 Å². The molecule has 0 aliphatic carbocycles. The first kappa shape index (κ1) is 15.0. The van der Waals surface area contributed by atoms with Gasteiger partial charge in [0.25, 0.3) is 0 Å². The largest absolute Gasteiger partial charge is 0.306 e. The fraction of sp³-hybridized carbons (Fsp3) is 0.0667. The maximum Gasteiger partial charge on any atom is 0.101 e. The fourth-order valence-corrected chi connectivity index (χ4v) is 2.54. The summed E-state index contributed by atoms with van der Waals surface area (Å²) in [6, 6.07) is 15.5. The second-order valence-corrected chi connectivity index (χ2v) is 5.91. The van der Waals surface area contributed by atoms with E-state index >= 15 is 0 Å². The molecule has 2 rings (SSSR count). The quantitative estimate of drug-likeness (QED) is 0.334. The van der Waals surface area contributed by atoms with Crippen LogP contribution in [0.15, 0.2) is 58.4 Å². The average molecular weight is 321 g/mol. The van der Waals surface area contributed by atoms with E-state index in [1.807, 2.05) is 59.9 Å². The van der Waals surface area contributed by atoms with Gasteiger partial charge in [-0.1, -0.05) is 42.0 Å². The number of halogens is 1. The average Bonchev–Trinajstić information content (AvgIpc) is 2.48. The van der Waals surface area contributed by atoms with Gasteiger partial charge >= 0.3 is 0 Å². The molecule has 0 atom stereocenters. The van der Waals surface area contributed by atoms with Crippen molar-refractivity contribution >= 4 is 53.2 Å². The lowest BCUT2D eigenvalue weighted by Gasteiger charge is -2.11. The van der Waals surface area contributed by atoms with Crippen molar-refractivity contribution in [1.82, 2.24) is 4.31 Å². The van der Waals surface area contributed by atoms with Crippen molar-refractivity contribution < 1.29 is 0 Å². The molecule has 0 bridgehead atoms. The highest BCUT2D eigenvalue weighted by molar-refractivity contribution is 7.97. The molecule has 2 aromatic carbocycles. The van der Waals surface area contributed by atoms with Crippen molar-refractivity contribution in [3.8, 4) is 0 Å². The van der Waals surface area contributed by atoms with E-state index in [0.29, 0.717) is 0 Å². The zero-order valence-corrected chi connectivity index (χ0v) is 13.3. The summed E-state index contributed by atoms with van der Waals surface area (Å²) in [6.07, 6.45) is 1.77. The van der Waals surface area contributed by atoms with E-state index < -0.39 is 0 Å². The van der Waals surface area contributed by atoms with Gasteiger partial charge in [-0.2, -0.15) is 0 Å². The highest BCUT2D eigenvalue weighted by Crippen LogP contribution is 2.23. The van der Waals surface area contributed by atoms with Crippen LogP contribution < -0.4 is 0 Å². The summed E-state index contributed by atoms with van der Waals surface area (Å²) in [7, 11) is 1.95. The second kappa shape index (κ2) is 7.43. The summed E-state index contributed by atoms with van der Waals surface area (Å²) in [5.41, 5.74) is 1.81. The zero-order valence-electron chi connectivity index (χ0n) is 10.9. The third-order valence-corrected chi connectivity index (χ3v) is 3.86. The lowest BCUT2D eigenvalue weighted by molar-refractivity contribution is 0.869. The Morgan fingerprint density at radius 3 is 2.55 bits per heavy atom. The molecule has 0 saturated carbocycles. The molecule has 0 aliphatic rings. The molecule has 5 heteroatoms. The van der Waals surface area contributed by atoms with E-state index in [4.69, 9.17) is 23.8 Å². The molecule has 0 spiro atoms. The van der Waals surface area contributed by atoms with Crippen LogP contribution in [0.4, 0.5) is 5.69 Å². The van der Waals surface area contributed by atoms with Crippen LogP contribution in [0.5, 0.6) is 0 Å². The Kier molecular flexibility index (Phi) is 5.59. The van der Waals surface area contributed by atoms with Crippen molar-refractivity contribution in [2.45, 2.75) is 4.90 Å². The number of hydrogen-bond donors (Lipinski definition) is 0. The molecule has 2 aromatic rings. The number of rotatable bonds is 5. The van der Waals surface area contributed by atoms with Gasteiger partial charge in [0.2, 0.25) is 0 Å². The first-order valence-electron chi connectivity index (χ1n) is 5.94. The van der Waals surface area contributed by atoms with Crippen LogP contribution in [0.3, 0.4) is 0 Å². The summed E-state index contributed by atoms with van der Waals surface area (Å²) >= 11 is 12.4. The van der Waals surface area contributed by atoms with E-state index in [9.17, 15) is 0 Å². The van der Waals surface area contributed by atoms with E-state index in [1.54, 1.807) is 23.7 Å². The maximum absolute atomic E-state index is 5.86. The van der Waals surface area contributed by atoms with Crippen LogP contribution in [0.2, 0.25) is 5.02 Å². The number of para-hydroxylation sites is 1. The molecule has 0 aliphatic heterocycles. The van der Waals surface area contributed by atoms with Crippen LogP contribution in [0.1, 0.15) is 5.56 Å². The van der Waals surface area contributed by atoms with Gasteiger partial charge in [-0.05, 0) is 42.3 Å². The first-order valence-corrected chi connectivity index (χ1v) is 7.56. The molecule has 0 fully saturated rings. The minimum absolute atomic E-state index is 0.737. The summed E-state index contributed by atoms with van der Waals surface area (Å²) < 4.78 is 1.93.